The molecule has 0 saturated heterocycles. The maximum Gasteiger partial charge on any atom is 0.338 e. The molecule has 0 fully saturated rings. The second-order valence-corrected chi connectivity index (χ2v) is 5.41. The molecule has 0 saturated carbocycles. The summed E-state index contributed by atoms with van der Waals surface area (Å²) in [5, 5.41) is 5.88. The zero-order valence-electron chi connectivity index (χ0n) is 14.0. The van der Waals surface area contributed by atoms with Crippen LogP contribution in [-0.2, 0) is 16.1 Å². The second-order valence-electron chi connectivity index (χ2n) is 5.41. The molecule has 0 radical (unpaired) electrons. The van der Waals surface area contributed by atoms with E-state index in [1.807, 2.05) is 31.2 Å². The summed E-state index contributed by atoms with van der Waals surface area (Å²) in [6.45, 7) is 4.82. The van der Waals surface area contributed by atoms with Crippen LogP contribution in [0.25, 0.3) is 0 Å². The van der Waals surface area contributed by atoms with Gasteiger partial charge in [-0.1, -0.05) is 29.8 Å². The van der Waals surface area contributed by atoms with Crippen LogP contribution in [0, 0.1) is 6.92 Å². The van der Waals surface area contributed by atoms with Gasteiger partial charge in [0.15, 0.2) is 0 Å². The van der Waals surface area contributed by atoms with Crippen LogP contribution in [0.2, 0.25) is 0 Å². The summed E-state index contributed by atoms with van der Waals surface area (Å²) in [5.41, 5.74) is 3.52. The molecule has 0 unspecified atom stereocenters. The van der Waals surface area contributed by atoms with Crippen LogP contribution in [0.15, 0.2) is 48.5 Å². The van der Waals surface area contributed by atoms with Crippen LogP contribution in [0.3, 0.4) is 0 Å². The molecule has 0 aliphatic carbocycles. The number of hydrogen-bond donors (Lipinski definition) is 2. The predicted molar refractivity (Wildman–Crippen MR) is 93.9 cm³/mol. The fourth-order valence-corrected chi connectivity index (χ4v) is 2.09. The van der Waals surface area contributed by atoms with Gasteiger partial charge in [0.2, 0.25) is 5.91 Å². The maximum absolute atomic E-state index is 11.9. The Morgan fingerprint density at radius 3 is 2.29 bits per heavy atom. The van der Waals surface area contributed by atoms with Gasteiger partial charge in [0.25, 0.3) is 0 Å². The molecule has 0 heterocycles. The van der Waals surface area contributed by atoms with Crippen LogP contribution >= 0.6 is 0 Å². The van der Waals surface area contributed by atoms with E-state index in [2.05, 4.69) is 10.6 Å². The maximum atomic E-state index is 11.9. The summed E-state index contributed by atoms with van der Waals surface area (Å²) >= 11 is 0. The molecule has 0 aromatic heterocycles. The quantitative estimate of drug-likeness (QED) is 0.768. The second kappa shape index (κ2) is 8.72. The van der Waals surface area contributed by atoms with E-state index in [4.69, 9.17) is 4.74 Å². The summed E-state index contributed by atoms with van der Waals surface area (Å²) < 4.78 is 4.92. The number of nitrogens with one attached hydrogen (secondary N) is 2. The Bertz CT molecular complexity index is 679. The minimum atomic E-state index is -0.347. The molecule has 0 aliphatic heterocycles. The number of carbonyl (C=O) groups is 2. The summed E-state index contributed by atoms with van der Waals surface area (Å²) in [7, 11) is 0. The number of carbonyl (C=O) groups excluding carboxylic acids is 2. The van der Waals surface area contributed by atoms with Gasteiger partial charge in [0.1, 0.15) is 0 Å². The van der Waals surface area contributed by atoms with E-state index in [1.54, 1.807) is 31.2 Å². The van der Waals surface area contributed by atoms with Crippen molar-refractivity contribution in [3.63, 3.8) is 0 Å². The molecule has 0 spiro atoms. The van der Waals surface area contributed by atoms with Crippen molar-refractivity contribution in [1.29, 1.82) is 0 Å². The average molecular weight is 326 g/mol. The number of benzene rings is 2. The molecule has 0 aliphatic rings. The first-order chi connectivity index (χ1) is 11.6. The van der Waals surface area contributed by atoms with Crippen molar-refractivity contribution in [2.24, 2.45) is 0 Å². The highest BCUT2D eigenvalue weighted by atomic mass is 16.5. The first kappa shape index (κ1) is 17.5. The largest absolute Gasteiger partial charge is 0.462 e. The number of amides is 1. The molecule has 24 heavy (non-hydrogen) atoms. The van der Waals surface area contributed by atoms with Crippen LogP contribution in [-0.4, -0.2) is 25.0 Å². The molecule has 5 nitrogen and oxygen atoms in total. The Morgan fingerprint density at radius 2 is 1.67 bits per heavy atom. The molecular weight excluding hydrogens is 304 g/mol. The van der Waals surface area contributed by atoms with E-state index in [0.29, 0.717) is 18.7 Å². The van der Waals surface area contributed by atoms with Crippen molar-refractivity contribution in [1.82, 2.24) is 5.32 Å². The molecule has 0 atom stereocenters. The Hall–Kier alpha value is -2.82. The van der Waals surface area contributed by atoms with Crippen LogP contribution in [0.4, 0.5) is 5.69 Å². The lowest BCUT2D eigenvalue weighted by atomic mass is 10.1. The van der Waals surface area contributed by atoms with Crippen LogP contribution < -0.4 is 10.6 Å². The summed E-state index contributed by atoms with van der Waals surface area (Å²) in [4.78, 5) is 23.4. The van der Waals surface area contributed by atoms with Gasteiger partial charge < -0.3 is 15.4 Å². The molecule has 2 N–H and O–H groups in total. The fourth-order valence-electron chi connectivity index (χ4n) is 2.09. The van der Waals surface area contributed by atoms with Gasteiger partial charge >= 0.3 is 5.97 Å². The van der Waals surface area contributed by atoms with E-state index in [9.17, 15) is 9.59 Å². The third-order valence-corrected chi connectivity index (χ3v) is 3.46. The third-order valence-electron chi connectivity index (χ3n) is 3.46. The third kappa shape index (κ3) is 5.43. The number of ether oxygens (including phenoxy) is 1. The average Bonchev–Trinajstić information content (AvgIpc) is 2.60. The van der Waals surface area contributed by atoms with Gasteiger partial charge in [0.05, 0.1) is 18.7 Å². The lowest BCUT2D eigenvalue weighted by Crippen LogP contribution is -2.29. The molecule has 1 amide bonds. The molecule has 2 aromatic rings. The van der Waals surface area contributed by atoms with Crippen molar-refractivity contribution >= 4 is 17.6 Å². The molecule has 2 rings (SSSR count). The van der Waals surface area contributed by atoms with E-state index in [1.165, 1.54) is 5.56 Å². The predicted octanol–water partition coefficient (Wildman–Crippen LogP) is 2.90. The SMILES string of the molecule is CCOC(=O)c1ccc(NCC(=O)NCc2ccc(C)cc2)cc1. The van der Waals surface area contributed by atoms with Gasteiger partial charge in [-0.05, 0) is 43.7 Å². The molecule has 0 bridgehead atoms. The van der Waals surface area contributed by atoms with Gasteiger partial charge in [-0.25, -0.2) is 4.79 Å². The number of rotatable bonds is 7. The highest BCUT2D eigenvalue weighted by molar-refractivity contribution is 5.90. The van der Waals surface area contributed by atoms with Crippen molar-refractivity contribution in [2.45, 2.75) is 20.4 Å². The van der Waals surface area contributed by atoms with Crippen molar-refractivity contribution in [3.8, 4) is 0 Å². The minimum absolute atomic E-state index is 0.0926. The normalized spacial score (nSPS) is 10.1. The molecule has 126 valence electrons. The standard InChI is InChI=1S/C19H22N2O3/c1-3-24-19(23)16-8-10-17(11-9-16)20-13-18(22)21-12-15-6-4-14(2)5-7-15/h4-11,20H,3,12-13H2,1-2H3,(H,21,22). The smallest absolute Gasteiger partial charge is 0.338 e. The molecule has 2 aromatic carbocycles. The number of esters is 1. The number of aryl methyl sites for hydroxylation is 1. The van der Waals surface area contributed by atoms with Crippen molar-refractivity contribution in [3.05, 3.63) is 65.2 Å². The number of anilines is 1. The van der Waals surface area contributed by atoms with E-state index < -0.39 is 0 Å². The lowest BCUT2D eigenvalue weighted by Gasteiger charge is -2.09. The lowest BCUT2D eigenvalue weighted by molar-refractivity contribution is -0.119. The zero-order valence-corrected chi connectivity index (χ0v) is 14.0. The Morgan fingerprint density at radius 1 is 1.00 bits per heavy atom. The minimum Gasteiger partial charge on any atom is -0.462 e. The Kier molecular flexibility index (Phi) is 6.37. The van der Waals surface area contributed by atoms with Crippen molar-refractivity contribution in [2.75, 3.05) is 18.5 Å². The molecule has 5 heteroatoms. The van der Waals surface area contributed by atoms with E-state index >= 15 is 0 Å². The monoisotopic (exact) mass is 326 g/mol. The van der Waals surface area contributed by atoms with Gasteiger partial charge in [-0.15, -0.1) is 0 Å². The Balaban J connectivity index is 1.77. The van der Waals surface area contributed by atoms with E-state index in [0.717, 1.165) is 11.3 Å². The molecular formula is C19H22N2O3. The highest BCUT2D eigenvalue weighted by Gasteiger charge is 2.06. The van der Waals surface area contributed by atoms with Crippen LogP contribution in [0.5, 0.6) is 0 Å². The van der Waals surface area contributed by atoms with Gasteiger partial charge in [0, 0.05) is 12.2 Å². The van der Waals surface area contributed by atoms with Gasteiger partial charge in [-0.3, -0.25) is 4.79 Å². The fraction of sp³-hybridized carbons (Fsp3) is 0.263. The van der Waals surface area contributed by atoms with Crippen molar-refractivity contribution < 1.29 is 14.3 Å². The first-order valence-electron chi connectivity index (χ1n) is 7.92. The van der Waals surface area contributed by atoms with E-state index in [-0.39, 0.29) is 18.4 Å². The Labute approximate surface area is 142 Å². The summed E-state index contributed by atoms with van der Waals surface area (Å²) in [6.07, 6.45) is 0. The first-order valence-corrected chi connectivity index (χ1v) is 7.92. The van der Waals surface area contributed by atoms with Crippen LogP contribution in [0.1, 0.15) is 28.4 Å². The highest BCUT2D eigenvalue weighted by Crippen LogP contribution is 2.10. The number of hydrogen-bond acceptors (Lipinski definition) is 4. The van der Waals surface area contributed by atoms with Gasteiger partial charge in [-0.2, -0.15) is 0 Å². The zero-order chi connectivity index (χ0) is 17.4. The topological polar surface area (TPSA) is 67.4 Å². The summed E-state index contributed by atoms with van der Waals surface area (Å²) in [6, 6.07) is 14.9. The summed E-state index contributed by atoms with van der Waals surface area (Å²) in [5.74, 6) is -0.440.